The van der Waals surface area contributed by atoms with Crippen LogP contribution in [0.2, 0.25) is 0 Å². The highest BCUT2D eigenvalue weighted by molar-refractivity contribution is 5.70. The molecule has 2 nitrogen and oxygen atoms in total. The average molecular weight is 214 g/mol. The van der Waals surface area contributed by atoms with Crippen LogP contribution in [0, 0.1) is 17.6 Å². The minimum Gasteiger partial charge on any atom is -0.481 e. The maximum Gasteiger partial charge on any atom is 0.306 e. The number of hydrogen-bond acceptors (Lipinski definition) is 1. The molecule has 0 heterocycles. The molecule has 1 unspecified atom stereocenters. The third-order valence-corrected chi connectivity index (χ3v) is 2.34. The van der Waals surface area contributed by atoms with Crippen molar-refractivity contribution in [1.29, 1.82) is 0 Å². The van der Waals surface area contributed by atoms with Crippen molar-refractivity contribution in [1.82, 2.24) is 0 Å². The first-order chi connectivity index (χ1) is 7.06. The van der Waals surface area contributed by atoms with Gasteiger partial charge in [-0.1, -0.05) is 19.1 Å². The first kappa shape index (κ1) is 11.6. The van der Waals surface area contributed by atoms with Crippen molar-refractivity contribution in [3.63, 3.8) is 0 Å². The monoisotopic (exact) mass is 214 g/mol. The molecule has 4 heteroatoms. The number of carbonyl (C=O) groups is 1. The van der Waals surface area contributed by atoms with E-state index in [4.69, 9.17) is 5.11 Å². The summed E-state index contributed by atoms with van der Waals surface area (Å²) in [6.45, 7) is 1.70. The summed E-state index contributed by atoms with van der Waals surface area (Å²) in [5, 5.41) is 8.78. The summed E-state index contributed by atoms with van der Waals surface area (Å²) in [5.74, 6) is -3.53. The van der Waals surface area contributed by atoms with Gasteiger partial charge >= 0.3 is 5.97 Å². The van der Waals surface area contributed by atoms with Crippen molar-refractivity contribution in [2.24, 2.45) is 5.92 Å². The zero-order valence-corrected chi connectivity index (χ0v) is 8.34. The summed E-state index contributed by atoms with van der Waals surface area (Å²) in [6.07, 6.45) is 0.417. The van der Waals surface area contributed by atoms with Crippen LogP contribution in [0.3, 0.4) is 0 Å². The van der Waals surface area contributed by atoms with Crippen LogP contribution in [0.5, 0.6) is 0 Å². The standard InChI is InChI=1S/C11H12F2O2/c1-2-7(11(14)15)6-8-4-3-5-9(12)10(8)13/h3-5,7H,2,6H2,1H3,(H,14,15). The molecular formula is C11H12F2O2. The van der Waals surface area contributed by atoms with Gasteiger partial charge in [0.25, 0.3) is 0 Å². The maximum absolute atomic E-state index is 13.2. The number of carboxylic acids is 1. The van der Waals surface area contributed by atoms with Crippen molar-refractivity contribution in [3.05, 3.63) is 35.4 Å². The third-order valence-electron chi connectivity index (χ3n) is 2.34. The minimum atomic E-state index is -0.985. The zero-order chi connectivity index (χ0) is 11.4. The average Bonchev–Trinajstić information content (AvgIpc) is 2.19. The molecule has 1 aromatic carbocycles. The molecule has 0 saturated heterocycles. The Kier molecular flexibility index (Phi) is 3.77. The summed E-state index contributed by atoms with van der Waals surface area (Å²) in [7, 11) is 0. The fraction of sp³-hybridized carbons (Fsp3) is 0.364. The second kappa shape index (κ2) is 4.87. The van der Waals surface area contributed by atoms with E-state index in [1.54, 1.807) is 6.92 Å². The highest BCUT2D eigenvalue weighted by Crippen LogP contribution is 2.17. The molecule has 0 spiro atoms. The van der Waals surface area contributed by atoms with Gasteiger partial charge in [0.15, 0.2) is 11.6 Å². The van der Waals surface area contributed by atoms with E-state index in [0.717, 1.165) is 6.07 Å². The second-order valence-corrected chi connectivity index (χ2v) is 3.36. The molecule has 0 saturated carbocycles. The van der Waals surface area contributed by atoms with Gasteiger partial charge in [0.05, 0.1) is 5.92 Å². The molecule has 0 amide bonds. The van der Waals surface area contributed by atoms with Crippen LogP contribution < -0.4 is 0 Å². The number of rotatable bonds is 4. The van der Waals surface area contributed by atoms with Gasteiger partial charge < -0.3 is 5.11 Å². The Labute approximate surface area is 86.5 Å². The van der Waals surface area contributed by atoms with E-state index >= 15 is 0 Å². The minimum absolute atomic E-state index is 0.0232. The number of benzene rings is 1. The Balaban J connectivity index is 2.88. The van der Waals surface area contributed by atoms with Crippen LogP contribution in [0.4, 0.5) is 8.78 Å². The van der Waals surface area contributed by atoms with Crippen LogP contribution in [-0.4, -0.2) is 11.1 Å². The van der Waals surface area contributed by atoms with Crippen LogP contribution in [0.25, 0.3) is 0 Å². The second-order valence-electron chi connectivity index (χ2n) is 3.36. The van der Waals surface area contributed by atoms with Gasteiger partial charge in [-0.3, -0.25) is 4.79 Å². The molecule has 1 atom stereocenters. The first-order valence-corrected chi connectivity index (χ1v) is 4.72. The lowest BCUT2D eigenvalue weighted by Gasteiger charge is -2.10. The van der Waals surface area contributed by atoms with E-state index < -0.39 is 23.5 Å². The first-order valence-electron chi connectivity index (χ1n) is 4.72. The van der Waals surface area contributed by atoms with Crippen molar-refractivity contribution >= 4 is 5.97 Å². The van der Waals surface area contributed by atoms with E-state index in [1.807, 2.05) is 0 Å². The summed E-state index contributed by atoms with van der Waals surface area (Å²) in [6, 6.07) is 3.80. The van der Waals surface area contributed by atoms with Crippen LogP contribution in [0.15, 0.2) is 18.2 Å². The molecule has 0 fully saturated rings. The van der Waals surface area contributed by atoms with E-state index in [1.165, 1.54) is 12.1 Å². The molecule has 0 bridgehead atoms. The quantitative estimate of drug-likeness (QED) is 0.836. The lowest BCUT2D eigenvalue weighted by Crippen LogP contribution is -2.16. The lowest BCUT2D eigenvalue weighted by molar-refractivity contribution is -0.141. The van der Waals surface area contributed by atoms with Gasteiger partial charge in [-0.05, 0) is 24.5 Å². The molecule has 0 radical (unpaired) electrons. The summed E-state index contributed by atoms with van der Waals surface area (Å²) >= 11 is 0. The molecule has 1 rings (SSSR count). The Morgan fingerprint density at radius 2 is 2.13 bits per heavy atom. The van der Waals surface area contributed by atoms with Crippen LogP contribution in [0.1, 0.15) is 18.9 Å². The molecule has 0 aliphatic heterocycles. The molecule has 1 aromatic rings. The predicted molar refractivity (Wildman–Crippen MR) is 51.5 cm³/mol. The van der Waals surface area contributed by atoms with Crippen molar-refractivity contribution in [2.45, 2.75) is 19.8 Å². The maximum atomic E-state index is 13.2. The zero-order valence-electron chi connectivity index (χ0n) is 8.34. The van der Waals surface area contributed by atoms with Gasteiger partial charge in [0.1, 0.15) is 0 Å². The number of carboxylic acid groups (broad SMARTS) is 1. The van der Waals surface area contributed by atoms with E-state index in [-0.39, 0.29) is 12.0 Å². The normalized spacial score (nSPS) is 12.5. The van der Waals surface area contributed by atoms with Crippen molar-refractivity contribution < 1.29 is 18.7 Å². The van der Waals surface area contributed by atoms with Crippen molar-refractivity contribution in [3.8, 4) is 0 Å². The highest BCUT2D eigenvalue weighted by atomic mass is 19.2. The number of aliphatic carboxylic acids is 1. The Morgan fingerprint density at radius 3 is 2.67 bits per heavy atom. The summed E-state index contributed by atoms with van der Waals surface area (Å²) in [4.78, 5) is 10.7. The SMILES string of the molecule is CCC(Cc1cccc(F)c1F)C(=O)O. The molecule has 82 valence electrons. The van der Waals surface area contributed by atoms with Gasteiger partial charge in [0.2, 0.25) is 0 Å². The topological polar surface area (TPSA) is 37.3 Å². The smallest absolute Gasteiger partial charge is 0.306 e. The van der Waals surface area contributed by atoms with Gasteiger partial charge in [0, 0.05) is 0 Å². The van der Waals surface area contributed by atoms with Crippen LogP contribution in [-0.2, 0) is 11.2 Å². The predicted octanol–water partition coefficient (Wildman–Crippen LogP) is 2.62. The fourth-order valence-corrected chi connectivity index (χ4v) is 1.38. The molecule has 0 aliphatic rings. The highest BCUT2D eigenvalue weighted by Gasteiger charge is 2.18. The van der Waals surface area contributed by atoms with E-state index in [2.05, 4.69) is 0 Å². The Bertz CT molecular complexity index is 364. The van der Waals surface area contributed by atoms with Crippen molar-refractivity contribution in [2.75, 3.05) is 0 Å². The Hall–Kier alpha value is -1.45. The summed E-state index contributed by atoms with van der Waals surface area (Å²) < 4.78 is 26.0. The molecule has 15 heavy (non-hydrogen) atoms. The van der Waals surface area contributed by atoms with Gasteiger partial charge in [-0.15, -0.1) is 0 Å². The lowest BCUT2D eigenvalue weighted by atomic mass is 9.97. The number of halogens is 2. The molecule has 0 aliphatic carbocycles. The number of hydrogen-bond donors (Lipinski definition) is 1. The summed E-state index contributed by atoms with van der Waals surface area (Å²) in [5.41, 5.74) is 0.115. The van der Waals surface area contributed by atoms with E-state index in [0.29, 0.717) is 6.42 Å². The van der Waals surface area contributed by atoms with Gasteiger partial charge in [-0.25, -0.2) is 8.78 Å². The third kappa shape index (κ3) is 2.75. The fourth-order valence-electron chi connectivity index (χ4n) is 1.38. The molecule has 1 N–H and O–H groups in total. The molecule has 0 aromatic heterocycles. The largest absolute Gasteiger partial charge is 0.481 e. The Morgan fingerprint density at radius 1 is 1.47 bits per heavy atom. The van der Waals surface area contributed by atoms with Gasteiger partial charge in [-0.2, -0.15) is 0 Å². The molecular weight excluding hydrogens is 202 g/mol. The van der Waals surface area contributed by atoms with E-state index in [9.17, 15) is 13.6 Å². The van der Waals surface area contributed by atoms with Crippen LogP contribution >= 0.6 is 0 Å².